The molecule has 0 aliphatic heterocycles. The van der Waals surface area contributed by atoms with Gasteiger partial charge in [0.25, 0.3) is 0 Å². The van der Waals surface area contributed by atoms with E-state index in [1.807, 2.05) is 26.3 Å². The summed E-state index contributed by atoms with van der Waals surface area (Å²) in [6.07, 6.45) is 0. The first-order chi connectivity index (χ1) is 6.13. The second kappa shape index (κ2) is 4.69. The Balaban J connectivity index is 2.49. The molecular formula is C9H16N2OS. The summed E-state index contributed by atoms with van der Waals surface area (Å²) in [4.78, 5) is 6.46. The van der Waals surface area contributed by atoms with Gasteiger partial charge in [-0.05, 0) is 20.9 Å². The molecular weight excluding hydrogens is 184 g/mol. The molecule has 1 aromatic rings. The van der Waals surface area contributed by atoms with E-state index in [-0.39, 0.29) is 12.6 Å². The highest BCUT2D eigenvalue weighted by atomic mass is 32.1. The number of thiazole rings is 1. The zero-order valence-corrected chi connectivity index (χ0v) is 9.14. The molecule has 0 aliphatic rings. The Labute approximate surface area is 83.0 Å². The summed E-state index contributed by atoms with van der Waals surface area (Å²) in [5.41, 5.74) is 1.07. The quantitative estimate of drug-likeness (QED) is 0.795. The van der Waals surface area contributed by atoms with Crippen LogP contribution in [0.25, 0.3) is 0 Å². The first-order valence-corrected chi connectivity index (χ1v) is 5.23. The number of aryl methyl sites for hydroxylation is 1. The van der Waals surface area contributed by atoms with Crippen LogP contribution in [0.3, 0.4) is 0 Å². The molecule has 0 aromatic carbocycles. The SMILES string of the molecule is Cc1csc(CN(C)C(C)CO)n1. The summed E-state index contributed by atoms with van der Waals surface area (Å²) in [5.74, 6) is 0. The van der Waals surface area contributed by atoms with Crippen LogP contribution in [0, 0.1) is 6.92 Å². The summed E-state index contributed by atoms with van der Waals surface area (Å²) in [5, 5.41) is 12.1. The van der Waals surface area contributed by atoms with E-state index in [2.05, 4.69) is 9.88 Å². The Bertz CT molecular complexity index is 262. The van der Waals surface area contributed by atoms with Crippen molar-refractivity contribution in [2.24, 2.45) is 0 Å². The Morgan fingerprint density at radius 1 is 1.69 bits per heavy atom. The molecule has 0 spiro atoms. The zero-order chi connectivity index (χ0) is 9.84. The summed E-state index contributed by atoms with van der Waals surface area (Å²) < 4.78 is 0. The molecule has 1 rings (SSSR count). The highest BCUT2D eigenvalue weighted by molar-refractivity contribution is 7.09. The predicted octanol–water partition coefficient (Wildman–Crippen LogP) is 1.26. The lowest BCUT2D eigenvalue weighted by molar-refractivity contribution is 0.154. The van der Waals surface area contributed by atoms with Gasteiger partial charge in [-0.1, -0.05) is 0 Å². The van der Waals surface area contributed by atoms with Crippen molar-refractivity contribution in [1.29, 1.82) is 0 Å². The molecule has 0 aliphatic carbocycles. The Morgan fingerprint density at radius 3 is 2.85 bits per heavy atom. The van der Waals surface area contributed by atoms with Crippen molar-refractivity contribution in [3.05, 3.63) is 16.1 Å². The first-order valence-electron chi connectivity index (χ1n) is 4.35. The molecule has 3 nitrogen and oxygen atoms in total. The van der Waals surface area contributed by atoms with Gasteiger partial charge in [-0.2, -0.15) is 0 Å². The minimum absolute atomic E-state index is 0.195. The van der Waals surface area contributed by atoms with Crippen molar-refractivity contribution >= 4 is 11.3 Å². The Kier molecular flexibility index (Phi) is 3.84. The third-order valence-corrected chi connectivity index (χ3v) is 3.02. The molecule has 0 saturated heterocycles. The number of hydrogen-bond donors (Lipinski definition) is 1. The van der Waals surface area contributed by atoms with Gasteiger partial charge in [0, 0.05) is 17.1 Å². The molecule has 1 unspecified atom stereocenters. The van der Waals surface area contributed by atoms with Crippen LogP contribution >= 0.6 is 11.3 Å². The van der Waals surface area contributed by atoms with E-state index in [1.165, 1.54) is 0 Å². The monoisotopic (exact) mass is 200 g/mol. The summed E-state index contributed by atoms with van der Waals surface area (Å²) in [6, 6.07) is 0.198. The second-order valence-corrected chi connectivity index (χ2v) is 4.27. The number of likely N-dealkylation sites (N-methyl/N-ethyl adjacent to an activating group) is 1. The highest BCUT2D eigenvalue weighted by Gasteiger charge is 2.09. The standard InChI is InChI=1S/C9H16N2OS/c1-7-6-13-9(10-7)4-11(3)8(2)5-12/h6,8,12H,4-5H2,1-3H3. The van der Waals surface area contributed by atoms with E-state index in [0.29, 0.717) is 0 Å². The van der Waals surface area contributed by atoms with E-state index >= 15 is 0 Å². The molecule has 0 radical (unpaired) electrons. The number of aliphatic hydroxyl groups excluding tert-OH is 1. The molecule has 1 heterocycles. The van der Waals surface area contributed by atoms with E-state index in [1.54, 1.807) is 11.3 Å². The van der Waals surface area contributed by atoms with Gasteiger partial charge in [0.2, 0.25) is 0 Å². The molecule has 0 bridgehead atoms. The van der Waals surface area contributed by atoms with E-state index in [4.69, 9.17) is 5.11 Å². The van der Waals surface area contributed by atoms with Crippen LogP contribution < -0.4 is 0 Å². The normalized spacial score (nSPS) is 13.6. The minimum atomic E-state index is 0.195. The van der Waals surface area contributed by atoms with Gasteiger partial charge in [0.15, 0.2) is 0 Å². The summed E-state index contributed by atoms with van der Waals surface area (Å²) in [6.45, 7) is 5.01. The number of rotatable bonds is 4. The fraction of sp³-hybridized carbons (Fsp3) is 0.667. The summed E-state index contributed by atoms with van der Waals surface area (Å²) >= 11 is 1.67. The zero-order valence-electron chi connectivity index (χ0n) is 8.32. The smallest absolute Gasteiger partial charge is 0.107 e. The minimum Gasteiger partial charge on any atom is -0.395 e. The number of aliphatic hydroxyl groups is 1. The molecule has 13 heavy (non-hydrogen) atoms. The fourth-order valence-electron chi connectivity index (χ4n) is 0.984. The molecule has 1 aromatic heterocycles. The molecule has 0 fully saturated rings. The Hall–Kier alpha value is -0.450. The van der Waals surface area contributed by atoms with Gasteiger partial charge < -0.3 is 5.11 Å². The van der Waals surface area contributed by atoms with E-state index in [9.17, 15) is 0 Å². The lowest BCUT2D eigenvalue weighted by Gasteiger charge is -2.21. The highest BCUT2D eigenvalue weighted by Crippen LogP contribution is 2.11. The van der Waals surface area contributed by atoms with Gasteiger partial charge in [-0.25, -0.2) is 4.98 Å². The number of nitrogens with zero attached hydrogens (tertiary/aromatic N) is 2. The number of hydrogen-bond acceptors (Lipinski definition) is 4. The van der Waals surface area contributed by atoms with Gasteiger partial charge in [0.1, 0.15) is 5.01 Å². The van der Waals surface area contributed by atoms with Gasteiger partial charge in [-0.3, -0.25) is 4.90 Å². The van der Waals surface area contributed by atoms with Crippen LogP contribution in [0.5, 0.6) is 0 Å². The third kappa shape index (κ3) is 3.06. The van der Waals surface area contributed by atoms with Gasteiger partial charge in [-0.15, -0.1) is 11.3 Å². The van der Waals surface area contributed by atoms with Crippen LogP contribution in [0.15, 0.2) is 5.38 Å². The lowest BCUT2D eigenvalue weighted by atomic mass is 10.3. The lowest BCUT2D eigenvalue weighted by Crippen LogP contribution is -2.31. The van der Waals surface area contributed by atoms with E-state index in [0.717, 1.165) is 17.2 Å². The van der Waals surface area contributed by atoms with Crippen LogP contribution in [0.2, 0.25) is 0 Å². The Morgan fingerprint density at radius 2 is 2.38 bits per heavy atom. The average Bonchev–Trinajstić information content (AvgIpc) is 2.49. The van der Waals surface area contributed by atoms with Crippen LogP contribution in [-0.2, 0) is 6.54 Å². The van der Waals surface area contributed by atoms with Crippen molar-refractivity contribution in [3.8, 4) is 0 Å². The molecule has 1 N–H and O–H groups in total. The maximum atomic E-state index is 8.93. The van der Waals surface area contributed by atoms with Crippen LogP contribution in [0.4, 0.5) is 0 Å². The molecule has 74 valence electrons. The third-order valence-electron chi connectivity index (χ3n) is 2.07. The first kappa shape index (κ1) is 10.6. The summed E-state index contributed by atoms with van der Waals surface area (Å²) in [7, 11) is 2.00. The largest absolute Gasteiger partial charge is 0.395 e. The van der Waals surface area contributed by atoms with Crippen molar-refractivity contribution in [3.63, 3.8) is 0 Å². The topological polar surface area (TPSA) is 36.4 Å². The molecule has 0 saturated carbocycles. The van der Waals surface area contributed by atoms with Gasteiger partial charge >= 0.3 is 0 Å². The van der Waals surface area contributed by atoms with Crippen molar-refractivity contribution < 1.29 is 5.11 Å². The maximum Gasteiger partial charge on any atom is 0.107 e. The van der Waals surface area contributed by atoms with Crippen LogP contribution in [-0.4, -0.2) is 34.7 Å². The van der Waals surface area contributed by atoms with Gasteiger partial charge in [0.05, 0.1) is 13.2 Å². The van der Waals surface area contributed by atoms with Crippen molar-refractivity contribution in [2.45, 2.75) is 26.4 Å². The second-order valence-electron chi connectivity index (χ2n) is 3.33. The average molecular weight is 200 g/mol. The maximum absolute atomic E-state index is 8.93. The van der Waals surface area contributed by atoms with Crippen molar-refractivity contribution in [2.75, 3.05) is 13.7 Å². The van der Waals surface area contributed by atoms with E-state index < -0.39 is 0 Å². The molecule has 4 heteroatoms. The van der Waals surface area contributed by atoms with Crippen molar-refractivity contribution in [1.82, 2.24) is 9.88 Å². The molecule has 1 atom stereocenters. The molecule has 0 amide bonds. The van der Waals surface area contributed by atoms with Crippen LogP contribution in [0.1, 0.15) is 17.6 Å². The fourth-order valence-corrected chi connectivity index (χ4v) is 1.82. The predicted molar refractivity (Wildman–Crippen MR) is 54.9 cm³/mol. The number of aromatic nitrogens is 1.